The van der Waals surface area contributed by atoms with Gasteiger partial charge in [-0.15, -0.1) is 0 Å². The molecule has 98 valence electrons. The number of anilines is 1. The van der Waals surface area contributed by atoms with Crippen LogP contribution >= 0.6 is 12.2 Å². The van der Waals surface area contributed by atoms with Crippen molar-refractivity contribution >= 4 is 22.9 Å². The average molecular weight is 262 g/mol. The minimum absolute atomic E-state index is 0.500. The SMILES string of the molecule is Cc1ccc(N2CCC(C)C(C)C2)c(C(N)=S)c1. The molecule has 2 nitrogen and oxygen atoms in total. The first-order valence-corrected chi connectivity index (χ1v) is 7.05. The van der Waals surface area contributed by atoms with Crippen LogP contribution in [0.2, 0.25) is 0 Å². The van der Waals surface area contributed by atoms with Gasteiger partial charge in [0.25, 0.3) is 0 Å². The molecule has 1 fully saturated rings. The predicted molar refractivity (Wildman–Crippen MR) is 82.2 cm³/mol. The summed E-state index contributed by atoms with van der Waals surface area (Å²) in [5.41, 5.74) is 9.29. The van der Waals surface area contributed by atoms with Gasteiger partial charge in [0.2, 0.25) is 0 Å². The second-order valence-corrected chi connectivity index (χ2v) is 6.01. The normalized spacial score (nSPS) is 24.1. The minimum atomic E-state index is 0.500. The van der Waals surface area contributed by atoms with Crippen molar-refractivity contribution in [2.75, 3.05) is 18.0 Å². The van der Waals surface area contributed by atoms with E-state index in [-0.39, 0.29) is 0 Å². The second-order valence-electron chi connectivity index (χ2n) is 5.57. The van der Waals surface area contributed by atoms with E-state index in [4.69, 9.17) is 18.0 Å². The first-order chi connectivity index (χ1) is 8.49. The van der Waals surface area contributed by atoms with Crippen LogP contribution in [0.25, 0.3) is 0 Å². The Morgan fingerprint density at radius 3 is 2.67 bits per heavy atom. The summed E-state index contributed by atoms with van der Waals surface area (Å²) in [7, 11) is 0. The molecule has 1 saturated heterocycles. The highest BCUT2D eigenvalue weighted by atomic mass is 32.1. The second kappa shape index (κ2) is 5.27. The lowest BCUT2D eigenvalue weighted by Gasteiger charge is -2.37. The molecule has 0 amide bonds. The van der Waals surface area contributed by atoms with Crippen LogP contribution in [0.15, 0.2) is 18.2 Å². The summed E-state index contributed by atoms with van der Waals surface area (Å²) < 4.78 is 0. The molecular formula is C15H22N2S. The molecule has 2 rings (SSSR count). The maximum absolute atomic E-state index is 5.86. The molecule has 1 aromatic carbocycles. The fraction of sp³-hybridized carbons (Fsp3) is 0.533. The number of benzene rings is 1. The minimum Gasteiger partial charge on any atom is -0.389 e. The summed E-state index contributed by atoms with van der Waals surface area (Å²) in [4.78, 5) is 2.93. The first kappa shape index (κ1) is 13.3. The lowest BCUT2D eigenvalue weighted by Crippen LogP contribution is -2.39. The maximum Gasteiger partial charge on any atom is 0.106 e. The highest BCUT2D eigenvalue weighted by Crippen LogP contribution is 2.29. The molecule has 1 aromatic rings. The van der Waals surface area contributed by atoms with Crippen LogP contribution in [0.1, 0.15) is 31.4 Å². The summed E-state index contributed by atoms with van der Waals surface area (Å²) >= 11 is 5.18. The average Bonchev–Trinajstić information content (AvgIpc) is 2.32. The summed E-state index contributed by atoms with van der Waals surface area (Å²) in [6.45, 7) is 8.94. The fourth-order valence-corrected chi connectivity index (χ4v) is 2.77. The van der Waals surface area contributed by atoms with E-state index in [1.54, 1.807) is 0 Å². The van der Waals surface area contributed by atoms with E-state index in [1.807, 2.05) is 0 Å². The number of hydrogen-bond donors (Lipinski definition) is 1. The fourth-order valence-electron chi connectivity index (χ4n) is 2.60. The number of aryl methyl sites for hydroxylation is 1. The maximum atomic E-state index is 5.86. The molecule has 0 saturated carbocycles. The van der Waals surface area contributed by atoms with Gasteiger partial charge < -0.3 is 10.6 Å². The molecule has 0 aromatic heterocycles. The van der Waals surface area contributed by atoms with Gasteiger partial charge in [0, 0.05) is 24.3 Å². The van der Waals surface area contributed by atoms with E-state index in [2.05, 4.69) is 43.9 Å². The zero-order valence-corrected chi connectivity index (χ0v) is 12.3. The molecule has 2 unspecified atom stereocenters. The van der Waals surface area contributed by atoms with Crippen molar-refractivity contribution in [2.24, 2.45) is 17.6 Å². The molecule has 0 spiro atoms. The predicted octanol–water partition coefficient (Wildman–Crippen LogP) is 3.11. The highest BCUT2D eigenvalue weighted by molar-refractivity contribution is 7.80. The van der Waals surface area contributed by atoms with E-state index in [0.29, 0.717) is 4.99 Å². The summed E-state index contributed by atoms with van der Waals surface area (Å²) in [6, 6.07) is 6.40. The molecule has 1 heterocycles. The molecule has 0 bridgehead atoms. The van der Waals surface area contributed by atoms with Crippen LogP contribution in [-0.4, -0.2) is 18.1 Å². The Balaban J connectivity index is 2.30. The quantitative estimate of drug-likeness (QED) is 0.830. The number of nitrogens with two attached hydrogens (primary N) is 1. The standard InChI is InChI=1S/C15H22N2S/c1-10-4-5-14(13(8-10)15(16)18)17-7-6-11(2)12(3)9-17/h4-5,8,11-12H,6-7,9H2,1-3H3,(H2,16,18). The Labute approximate surface area is 115 Å². The van der Waals surface area contributed by atoms with Crippen LogP contribution in [0.4, 0.5) is 5.69 Å². The van der Waals surface area contributed by atoms with E-state index >= 15 is 0 Å². The molecule has 0 radical (unpaired) electrons. The van der Waals surface area contributed by atoms with Crippen molar-refractivity contribution in [3.8, 4) is 0 Å². The van der Waals surface area contributed by atoms with E-state index in [0.717, 1.165) is 30.5 Å². The van der Waals surface area contributed by atoms with Crippen molar-refractivity contribution in [3.05, 3.63) is 29.3 Å². The van der Waals surface area contributed by atoms with Crippen LogP contribution in [-0.2, 0) is 0 Å². The van der Waals surface area contributed by atoms with Gasteiger partial charge in [-0.3, -0.25) is 0 Å². The highest BCUT2D eigenvalue weighted by Gasteiger charge is 2.24. The van der Waals surface area contributed by atoms with Crippen LogP contribution in [0.5, 0.6) is 0 Å². The van der Waals surface area contributed by atoms with Crippen LogP contribution < -0.4 is 10.6 Å². The Kier molecular flexibility index (Phi) is 3.91. The number of thiocarbonyl (C=S) groups is 1. The summed E-state index contributed by atoms with van der Waals surface area (Å²) in [6.07, 6.45) is 1.24. The Morgan fingerprint density at radius 2 is 2.06 bits per heavy atom. The summed E-state index contributed by atoms with van der Waals surface area (Å²) in [5, 5.41) is 0. The van der Waals surface area contributed by atoms with Gasteiger partial charge in [-0.05, 0) is 37.3 Å². The Morgan fingerprint density at radius 1 is 1.33 bits per heavy atom. The molecule has 1 aliphatic heterocycles. The zero-order chi connectivity index (χ0) is 13.3. The number of piperidine rings is 1. The largest absolute Gasteiger partial charge is 0.389 e. The number of rotatable bonds is 2. The van der Waals surface area contributed by atoms with Crippen molar-refractivity contribution in [3.63, 3.8) is 0 Å². The topological polar surface area (TPSA) is 29.3 Å². The third kappa shape index (κ3) is 2.66. The smallest absolute Gasteiger partial charge is 0.106 e. The van der Waals surface area contributed by atoms with Crippen molar-refractivity contribution in [1.29, 1.82) is 0 Å². The molecule has 3 heteroatoms. The van der Waals surface area contributed by atoms with Crippen LogP contribution in [0, 0.1) is 18.8 Å². The molecular weight excluding hydrogens is 240 g/mol. The van der Waals surface area contributed by atoms with Gasteiger partial charge in [-0.25, -0.2) is 0 Å². The monoisotopic (exact) mass is 262 g/mol. The third-order valence-corrected chi connectivity index (χ3v) is 4.31. The molecule has 2 N–H and O–H groups in total. The lowest BCUT2D eigenvalue weighted by atomic mass is 9.88. The number of nitrogens with zero attached hydrogens (tertiary/aromatic N) is 1. The van der Waals surface area contributed by atoms with E-state index in [1.165, 1.54) is 17.7 Å². The van der Waals surface area contributed by atoms with Crippen molar-refractivity contribution in [2.45, 2.75) is 27.2 Å². The van der Waals surface area contributed by atoms with E-state index in [9.17, 15) is 0 Å². The van der Waals surface area contributed by atoms with Gasteiger partial charge >= 0.3 is 0 Å². The Bertz CT molecular complexity index is 456. The molecule has 0 aliphatic carbocycles. The molecule has 2 atom stereocenters. The van der Waals surface area contributed by atoms with Crippen molar-refractivity contribution < 1.29 is 0 Å². The van der Waals surface area contributed by atoms with Gasteiger partial charge in [0.15, 0.2) is 0 Å². The van der Waals surface area contributed by atoms with Crippen molar-refractivity contribution in [1.82, 2.24) is 0 Å². The number of hydrogen-bond acceptors (Lipinski definition) is 2. The zero-order valence-electron chi connectivity index (χ0n) is 11.4. The van der Waals surface area contributed by atoms with E-state index < -0.39 is 0 Å². The summed E-state index contributed by atoms with van der Waals surface area (Å²) in [5.74, 6) is 1.53. The third-order valence-electron chi connectivity index (χ3n) is 4.09. The Hall–Kier alpha value is -1.09. The van der Waals surface area contributed by atoms with Gasteiger partial charge in [-0.2, -0.15) is 0 Å². The lowest BCUT2D eigenvalue weighted by molar-refractivity contribution is 0.324. The molecule has 1 aliphatic rings. The first-order valence-electron chi connectivity index (χ1n) is 6.64. The van der Waals surface area contributed by atoms with Gasteiger partial charge in [0.1, 0.15) is 4.99 Å². The van der Waals surface area contributed by atoms with Gasteiger partial charge in [0.05, 0.1) is 0 Å². The molecule has 18 heavy (non-hydrogen) atoms. The van der Waals surface area contributed by atoms with Gasteiger partial charge in [-0.1, -0.05) is 37.7 Å². The van der Waals surface area contributed by atoms with Crippen LogP contribution in [0.3, 0.4) is 0 Å².